The van der Waals surface area contributed by atoms with Gasteiger partial charge in [-0.3, -0.25) is 9.59 Å². The Kier molecular flexibility index (Phi) is 6.06. The molecule has 0 fully saturated rings. The number of hydrogen-bond donors (Lipinski definition) is 2. The van der Waals surface area contributed by atoms with E-state index in [1.54, 1.807) is 43.3 Å². The third kappa shape index (κ3) is 4.40. The average molecular weight is 367 g/mol. The molecule has 2 rings (SSSR count). The van der Waals surface area contributed by atoms with Crippen LogP contribution in [-0.4, -0.2) is 18.9 Å². The molecule has 0 aromatic heterocycles. The van der Waals surface area contributed by atoms with E-state index in [9.17, 15) is 9.59 Å². The second-order valence-electron chi connectivity index (χ2n) is 4.90. The van der Waals surface area contributed by atoms with Crippen LogP contribution in [0.5, 0.6) is 5.75 Å². The zero-order valence-electron chi connectivity index (χ0n) is 13.2. The summed E-state index contributed by atoms with van der Waals surface area (Å²) < 4.78 is 5.17. The van der Waals surface area contributed by atoms with Crippen LogP contribution in [0.25, 0.3) is 0 Å². The standard InChI is InChI=1S/C17H16Cl2N2O3/c1-3-16(22)21-14-7-5-11(9-13(14)19)20-17(23)12-6-4-10(18)8-15(12)24-2/h4-9H,3H2,1-2H3,(H,20,23)(H,21,22). The van der Waals surface area contributed by atoms with Gasteiger partial charge in [0.2, 0.25) is 5.91 Å². The lowest BCUT2D eigenvalue weighted by Crippen LogP contribution is -2.14. The lowest BCUT2D eigenvalue weighted by molar-refractivity contribution is -0.115. The van der Waals surface area contributed by atoms with Crippen LogP contribution in [0.4, 0.5) is 11.4 Å². The molecule has 0 saturated carbocycles. The van der Waals surface area contributed by atoms with Crippen molar-refractivity contribution in [1.29, 1.82) is 0 Å². The first-order valence-corrected chi connectivity index (χ1v) is 7.94. The van der Waals surface area contributed by atoms with Gasteiger partial charge in [0.05, 0.1) is 23.4 Å². The van der Waals surface area contributed by atoms with Crippen molar-refractivity contribution in [2.24, 2.45) is 0 Å². The summed E-state index contributed by atoms with van der Waals surface area (Å²) in [6.45, 7) is 1.75. The molecular weight excluding hydrogens is 351 g/mol. The number of methoxy groups -OCH3 is 1. The van der Waals surface area contributed by atoms with Crippen molar-refractivity contribution in [3.63, 3.8) is 0 Å². The van der Waals surface area contributed by atoms with Crippen molar-refractivity contribution in [3.8, 4) is 5.75 Å². The maximum absolute atomic E-state index is 12.4. The molecule has 0 radical (unpaired) electrons. The van der Waals surface area contributed by atoms with Crippen LogP contribution >= 0.6 is 23.2 Å². The Labute approximate surface area is 149 Å². The predicted molar refractivity (Wildman–Crippen MR) is 96.3 cm³/mol. The number of nitrogens with one attached hydrogen (secondary N) is 2. The van der Waals surface area contributed by atoms with Gasteiger partial charge in [-0.05, 0) is 36.4 Å². The second kappa shape index (κ2) is 8.04. The van der Waals surface area contributed by atoms with E-state index in [4.69, 9.17) is 27.9 Å². The van der Waals surface area contributed by atoms with E-state index in [1.807, 2.05) is 0 Å². The number of halogens is 2. The largest absolute Gasteiger partial charge is 0.496 e. The lowest BCUT2D eigenvalue weighted by atomic mass is 10.1. The molecule has 5 nitrogen and oxygen atoms in total. The molecule has 0 aliphatic heterocycles. The molecule has 24 heavy (non-hydrogen) atoms. The van der Waals surface area contributed by atoms with E-state index in [0.717, 1.165) is 0 Å². The molecule has 0 aliphatic rings. The highest BCUT2D eigenvalue weighted by atomic mass is 35.5. The van der Waals surface area contributed by atoms with Crippen LogP contribution in [-0.2, 0) is 4.79 Å². The number of benzene rings is 2. The van der Waals surface area contributed by atoms with E-state index in [0.29, 0.717) is 39.2 Å². The van der Waals surface area contributed by atoms with Crippen molar-refractivity contribution in [2.75, 3.05) is 17.7 Å². The minimum absolute atomic E-state index is 0.139. The Morgan fingerprint density at radius 1 is 1.08 bits per heavy atom. The molecule has 0 unspecified atom stereocenters. The maximum atomic E-state index is 12.4. The Morgan fingerprint density at radius 3 is 2.46 bits per heavy atom. The molecule has 7 heteroatoms. The fourth-order valence-electron chi connectivity index (χ4n) is 1.98. The molecule has 126 valence electrons. The van der Waals surface area contributed by atoms with Gasteiger partial charge in [0, 0.05) is 17.1 Å². The van der Waals surface area contributed by atoms with Crippen LogP contribution in [0.1, 0.15) is 23.7 Å². The van der Waals surface area contributed by atoms with Gasteiger partial charge >= 0.3 is 0 Å². The van der Waals surface area contributed by atoms with E-state index < -0.39 is 0 Å². The van der Waals surface area contributed by atoms with E-state index in [2.05, 4.69) is 10.6 Å². The number of amides is 2. The molecule has 0 spiro atoms. The average Bonchev–Trinajstić information content (AvgIpc) is 2.56. The summed E-state index contributed by atoms with van der Waals surface area (Å²) in [5.41, 5.74) is 1.34. The highest BCUT2D eigenvalue weighted by Crippen LogP contribution is 2.27. The second-order valence-corrected chi connectivity index (χ2v) is 5.74. The van der Waals surface area contributed by atoms with E-state index in [-0.39, 0.29) is 11.8 Å². The Bertz CT molecular complexity index is 778. The third-order valence-electron chi connectivity index (χ3n) is 3.23. The van der Waals surface area contributed by atoms with Crippen molar-refractivity contribution in [1.82, 2.24) is 0 Å². The molecule has 0 heterocycles. The summed E-state index contributed by atoms with van der Waals surface area (Å²) in [6.07, 6.45) is 0.352. The summed E-state index contributed by atoms with van der Waals surface area (Å²) in [5, 5.41) is 6.21. The first-order chi connectivity index (χ1) is 11.4. The van der Waals surface area contributed by atoms with E-state index >= 15 is 0 Å². The molecule has 2 aromatic carbocycles. The lowest BCUT2D eigenvalue weighted by Gasteiger charge is -2.11. The SMILES string of the molecule is CCC(=O)Nc1ccc(NC(=O)c2ccc(Cl)cc2OC)cc1Cl. The highest BCUT2D eigenvalue weighted by Gasteiger charge is 2.14. The molecule has 2 aromatic rings. The number of carbonyl (C=O) groups excluding carboxylic acids is 2. The number of hydrogen-bond acceptors (Lipinski definition) is 3. The summed E-state index contributed by atoms with van der Waals surface area (Å²) in [6, 6.07) is 9.59. The zero-order chi connectivity index (χ0) is 17.7. The molecule has 0 atom stereocenters. The fourth-order valence-corrected chi connectivity index (χ4v) is 2.37. The van der Waals surface area contributed by atoms with Crippen LogP contribution in [0.2, 0.25) is 10.0 Å². The molecule has 0 saturated heterocycles. The first kappa shape index (κ1) is 18.1. The van der Waals surface area contributed by atoms with Gasteiger partial charge in [-0.2, -0.15) is 0 Å². The Hall–Kier alpha value is -2.24. The van der Waals surface area contributed by atoms with Crippen molar-refractivity contribution in [2.45, 2.75) is 13.3 Å². The summed E-state index contributed by atoms with van der Waals surface area (Å²) >= 11 is 12.0. The van der Waals surface area contributed by atoms with Gasteiger partial charge in [0.1, 0.15) is 5.75 Å². The molecule has 2 N–H and O–H groups in total. The number of anilines is 2. The fraction of sp³-hybridized carbons (Fsp3) is 0.176. The van der Waals surface area contributed by atoms with Crippen LogP contribution < -0.4 is 15.4 Å². The van der Waals surface area contributed by atoms with Crippen molar-refractivity contribution >= 4 is 46.4 Å². The quantitative estimate of drug-likeness (QED) is 0.812. The highest BCUT2D eigenvalue weighted by molar-refractivity contribution is 6.34. The van der Waals surface area contributed by atoms with Crippen molar-refractivity contribution < 1.29 is 14.3 Å². The van der Waals surface area contributed by atoms with E-state index in [1.165, 1.54) is 7.11 Å². The van der Waals surface area contributed by atoms with Crippen molar-refractivity contribution in [3.05, 3.63) is 52.0 Å². The third-order valence-corrected chi connectivity index (χ3v) is 3.78. The summed E-state index contributed by atoms with van der Waals surface area (Å²) in [4.78, 5) is 23.8. The predicted octanol–water partition coefficient (Wildman–Crippen LogP) is 4.60. The van der Waals surface area contributed by atoms with Gasteiger partial charge in [0.15, 0.2) is 0 Å². The summed E-state index contributed by atoms with van der Waals surface area (Å²) in [5.74, 6) is -0.123. The molecule has 2 amide bonds. The van der Waals surface area contributed by atoms with Gasteiger partial charge in [-0.25, -0.2) is 0 Å². The zero-order valence-corrected chi connectivity index (χ0v) is 14.7. The summed E-state index contributed by atoms with van der Waals surface area (Å²) in [7, 11) is 1.46. The Balaban J connectivity index is 2.18. The Morgan fingerprint density at radius 2 is 1.83 bits per heavy atom. The van der Waals surface area contributed by atoms with Crippen LogP contribution in [0.15, 0.2) is 36.4 Å². The molecule has 0 bridgehead atoms. The monoisotopic (exact) mass is 366 g/mol. The first-order valence-electron chi connectivity index (χ1n) is 7.19. The van der Waals surface area contributed by atoms with Gasteiger partial charge in [-0.15, -0.1) is 0 Å². The van der Waals surface area contributed by atoms with Gasteiger partial charge < -0.3 is 15.4 Å². The number of rotatable bonds is 5. The molecular formula is C17H16Cl2N2O3. The van der Waals surface area contributed by atoms with Gasteiger partial charge in [-0.1, -0.05) is 30.1 Å². The number of ether oxygens (including phenoxy) is 1. The van der Waals surface area contributed by atoms with Crippen LogP contribution in [0.3, 0.4) is 0 Å². The minimum atomic E-state index is -0.357. The minimum Gasteiger partial charge on any atom is -0.496 e. The van der Waals surface area contributed by atoms with Gasteiger partial charge in [0.25, 0.3) is 5.91 Å². The smallest absolute Gasteiger partial charge is 0.259 e. The normalized spacial score (nSPS) is 10.2. The number of carbonyl (C=O) groups is 2. The maximum Gasteiger partial charge on any atom is 0.259 e. The van der Waals surface area contributed by atoms with Crippen LogP contribution in [0, 0.1) is 0 Å². The molecule has 0 aliphatic carbocycles. The topological polar surface area (TPSA) is 67.4 Å².